The van der Waals surface area contributed by atoms with Crippen molar-refractivity contribution in [2.75, 3.05) is 0 Å². The van der Waals surface area contributed by atoms with Gasteiger partial charge < -0.3 is 10.1 Å². The Balaban J connectivity index is 1.79. The second-order valence-corrected chi connectivity index (χ2v) is 7.10. The lowest BCUT2D eigenvalue weighted by Crippen LogP contribution is -2.41. The first-order chi connectivity index (χ1) is 15.0. The molecule has 0 bridgehead atoms. The molecule has 0 saturated carbocycles. The topological polar surface area (TPSA) is 79.8 Å². The van der Waals surface area contributed by atoms with Crippen molar-refractivity contribution < 1.29 is 18.7 Å². The Morgan fingerprint density at radius 3 is 2.55 bits per heavy atom. The van der Waals surface area contributed by atoms with Crippen LogP contribution in [0.15, 0.2) is 65.8 Å². The number of nitrogens with zero attached hydrogens (tertiary/aromatic N) is 1. The maximum absolute atomic E-state index is 13.1. The first-order valence-electron chi connectivity index (χ1n) is 10.0. The predicted molar refractivity (Wildman–Crippen MR) is 118 cm³/mol. The van der Waals surface area contributed by atoms with E-state index in [0.717, 1.165) is 16.3 Å². The quantitative estimate of drug-likeness (QED) is 0.345. The van der Waals surface area contributed by atoms with E-state index in [9.17, 15) is 14.0 Å². The number of carbonyl (C=O) groups is 2. The minimum absolute atomic E-state index is 0.105. The van der Waals surface area contributed by atoms with Crippen LogP contribution in [0.3, 0.4) is 0 Å². The highest BCUT2D eigenvalue weighted by Gasteiger charge is 2.14. The molecule has 3 rings (SSSR count). The highest BCUT2D eigenvalue weighted by molar-refractivity contribution is 6.35. The number of rotatable bonds is 7. The third-order valence-electron chi connectivity index (χ3n) is 4.79. The number of hydrazone groups is 1. The van der Waals surface area contributed by atoms with Crippen molar-refractivity contribution in [1.29, 1.82) is 0 Å². The zero-order valence-corrected chi connectivity index (χ0v) is 17.4. The fraction of sp³-hybridized carbons (Fsp3) is 0.208. The summed E-state index contributed by atoms with van der Waals surface area (Å²) in [5.41, 5.74) is 3.72. The van der Waals surface area contributed by atoms with Crippen molar-refractivity contribution in [2.45, 2.75) is 32.9 Å². The van der Waals surface area contributed by atoms with E-state index in [4.69, 9.17) is 4.74 Å². The van der Waals surface area contributed by atoms with E-state index in [2.05, 4.69) is 15.8 Å². The van der Waals surface area contributed by atoms with Crippen LogP contribution in [0.25, 0.3) is 10.8 Å². The molecule has 7 heteroatoms. The second kappa shape index (κ2) is 10.3. The van der Waals surface area contributed by atoms with Crippen LogP contribution in [0.1, 0.15) is 31.4 Å². The Hall–Kier alpha value is -3.74. The normalized spacial score (nSPS) is 12.0. The highest BCUT2D eigenvalue weighted by Crippen LogP contribution is 2.27. The number of fused-ring (bicyclic) bond motifs is 1. The zero-order valence-electron chi connectivity index (χ0n) is 17.4. The fourth-order valence-electron chi connectivity index (χ4n) is 2.87. The smallest absolute Gasteiger partial charge is 0.329 e. The Kier molecular flexibility index (Phi) is 7.32. The van der Waals surface area contributed by atoms with Crippen molar-refractivity contribution in [3.63, 3.8) is 0 Å². The lowest BCUT2D eigenvalue weighted by molar-refractivity contribution is -0.139. The van der Waals surface area contributed by atoms with Crippen molar-refractivity contribution in [1.82, 2.24) is 10.7 Å². The summed E-state index contributed by atoms with van der Waals surface area (Å²) in [6.07, 6.45) is 2.17. The van der Waals surface area contributed by atoms with Gasteiger partial charge in [-0.25, -0.2) is 9.82 Å². The lowest BCUT2D eigenvalue weighted by atomic mass is 10.0. The van der Waals surface area contributed by atoms with Gasteiger partial charge in [0.1, 0.15) is 18.2 Å². The molecule has 0 aliphatic heterocycles. The number of amides is 2. The molecule has 0 radical (unpaired) electrons. The molecule has 3 aromatic rings. The van der Waals surface area contributed by atoms with E-state index in [1.54, 1.807) is 12.1 Å². The maximum atomic E-state index is 13.1. The van der Waals surface area contributed by atoms with Crippen molar-refractivity contribution in [2.24, 2.45) is 5.10 Å². The first-order valence-corrected chi connectivity index (χ1v) is 10.0. The standard InChI is InChI=1S/C24H24FN3O3/c1-3-16(2)27-23(29)24(30)28-26-14-21-20-7-5-4-6-18(20)10-13-22(21)31-15-17-8-11-19(25)12-9-17/h4-14,16H,3,15H2,1-2H3,(H,27,29)(H,28,30)/b26-14-/t16-/m1/s1. The van der Waals surface area contributed by atoms with E-state index in [-0.39, 0.29) is 18.5 Å². The first kappa shape index (κ1) is 22.0. The fourth-order valence-corrected chi connectivity index (χ4v) is 2.87. The summed E-state index contributed by atoms with van der Waals surface area (Å²) in [5.74, 6) is -1.34. The van der Waals surface area contributed by atoms with Crippen LogP contribution < -0.4 is 15.5 Å². The van der Waals surface area contributed by atoms with E-state index >= 15 is 0 Å². The van der Waals surface area contributed by atoms with E-state index in [1.165, 1.54) is 18.3 Å². The summed E-state index contributed by atoms with van der Waals surface area (Å²) in [4.78, 5) is 23.8. The minimum Gasteiger partial charge on any atom is -0.488 e. The number of ether oxygens (including phenoxy) is 1. The van der Waals surface area contributed by atoms with Crippen LogP contribution in [0.4, 0.5) is 4.39 Å². The molecule has 3 aromatic carbocycles. The highest BCUT2D eigenvalue weighted by atomic mass is 19.1. The largest absolute Gasteiger partial charge is 0.488 e. The Bertz CT molecular complexity index is 1100. The number of halogens is 1. The number of nitrogens with one attached hydrogen (secondary N) is 2. The van der Waals surface area contributed by atoms with E-state index < -0.39 is 11.8 Å². The molecule has 0 spiro atoms. The third-order valence-corrected chi connectivity index (χ3v) is 4.79. The zero-order chi connectivity index (χ0) is 22.2. The summed E-state index contributed by atoms with van der Waals surface area (Å²) in [5, 5.41) is 8.39. The predicted octanol–water partition coefficient (Wildman–Crippen LogP) is 3.92. The van der Waals surface area contributed by atoms with Gasteiger partial charge in [-0.15, -0.1) is 0 Å². The molecular formula is C24H24FN3O3. The SMILES string of the molecule is CC[C@@H](C)NC(=O)C(=O)N/N=C\c1c(OCc2ccc(F)cc2)ccc2ccccc12. The molecule has 0 aliphatic carbocycles. The Morgan fingerprint density at radius 1 is 1.06 bits per heavy atom. The summed E-state index contributed by atoms with van der Waals surface area (Å²) < 4.78 is 19.1. The molecule has 0 unspecified atom stereocenters. The molecule has 1 atom stereocenters. The van der Waals surface area contributed by atoms with Crippen molar-refractivity contribution >= 4 is 28.8 Å². The molecule has 0 aromatic heterocycles. The molecule has 31 heavy (non-hydrogen) atoms. The summed E-state index contributed by atoms with van der Waals surface area (Å²) in [6, 6.07) is 17.4. The van der Waals surface area contributed by atoms with Gasteiger partial charge in [-0.2, -0.15) is 5.10 Å². The third kappa shape index (κ3) is 5.88. The minimum atomic E-state index is -0.842. The molecule has 0 heterocycles. The lowest BCUT2D eigenvalue weighted by Gasteiger charge is -2.12. The maximum Gasteiger partial charge on any atom is 0.329 e. The average molecular weight is 421 g/mol. The van der Waals surface area contributed by atoms with Gasteiger partial charge in [0.2, 0.25) is 0 Å². The summed E-state index contributed by atoms with van der Waals surface area (Å²) in [7, 11) is 0. The van der Waals surface area contributed by atoms with Crippen LogP contribution in [0.2, 0.25) is 0 Å². The molecule has 0 aliphatic rings. The van der Waals surface area contributed by atoms with Gasteiger partial charge in [0.05, 0.1) is 6.21 Å². The Labute approximate surface area is 180 Å². The van der Waals surface area contributed by atoms with Crippen molar-refractivity contribution in [3.05, 3.63) is 77.6 Å². The van der Waals surface area contributed by atoms with Gasteiger partial charge >= 0.3 is 11.8 Å². The second-order valence-electron chi connectivity index (χ2n) is 7.10. The van der Waals surface area contributed by atoms with Crippen LogP contribution in [-0.4, -0.2) is 24.1 Å². The molecule has 6 nitrogen and oxygen atoms in total. The van der Waals surface area contributed by atoms with Crippen LogP contribution in [0, 0.1) is 5.82 Å². The molecule has 0 saturated heterocycles. The Morgan fingerprint density at radius 2 is 1.81 bits per heavy atom. The molecule has 2 N–H and O–H groups in total. The molecule has 0 fully saturated rings. The van der Waals surface area contributed by atoms with Gasteiger partial charge in [-0.3, -0.25) is 9.59 Å². The van der Waals surface area contributed by atoms with Gasteiger partial charge in [-0.05, 0) is 47.9 Å². The van der Waals surface area contributed by atoms with Gasteiger partial charge in [-0.1, -0.05) is 49.4 Å². The summed E-state index contributed by atoms with van der Waals surface area (Å²) in [6.45, 7) is 3.97. The van der Waals surface area contributed by atoms with Crippen molar-refractivity contribution in [3.8, 4) is 5.75 Å². The van der Waals surface area contributed by atoms with Gasteiger partial charge in [0.25, 0.3) is 0 Å². The van der Waals surface area contributed by atoms with Crippen LogP contribution in [-0.2, 0) is 16.2 Å². The summed E-state index contributed by atoms with van der Waals surface area (Å²) >= 11 is 0. The molecule has 160 valence electrons. The van der Waals surface area contributed by atoms with Gasteiger partial charge in [0.15, 0.2) is 0 Å². The van der Waals surface area contributed by atoms with E-state index in [1.807, 2.05) is 50.2 Å². The number of hydrogen-bond acceptors (Lipinski definition) is 4. The number of benzene rings is 3. The number of carbonyl (C=O) groups excluding carboxylic acids is 2. The molecular weight excluding hydrogens is 397 g/mol. The van der Waals surface area contributed by atoms with Crippen LogP contribution in [0.5, 0.6) is 5.75 Å². The van der Waals surface area contributed by atoms with E-state index in [0.29, 0.717) is 17.7 Å². The monoisotopic (exact) mass is 421 g/mol. The van der Waals surface area contributed by atoms with Gasteiger partial charge in [0, 0.05) is 11.6 Å². The van der Waals surface area contributed by atoms with Crippen LogP contribution >= 0.6 is 0 Å². The molecule has 2 amide bonds. The average Bonchev–Trinajstić information content (AvgIpc) is 2.79. The number of hydrogen-bond donors (Lipinski definition) is 2.